The molecule has 1 aliphatic carbocycles. The van der Waals surface area contributed by atoms with Crippen molar-refractivity contribution in [3.05, 3.63) is 64.7 Å². The molecule has 1 amide bonds. The second-order valence-corrected chi connectivity index (χ2v) is 9.28. The van der Waals surface area contributed by atoms with Crippen LogP contribution in [0.1, 0.15) is 36.5 Å². The number of aryl methyl sites for hydroxylation is 1. The van der Waals surface area contributed by atoms with Crippen molar-refractivity contribution in [1.29, 1.82) is 0 Å². The van der Waals surface area contributed by atoms with Crippen LogP contribution in [0.2, 0.25) is 5.02 Å². The molecule has 2 aromatic rings. The highest BCUT2D eigenvalue weighted by atomic mass is 35.5. The molecule has 1 spiro atoms. The average Bonchev–Trinajstić information content (AvgIpc) is 3.08. The number of hydrogen-bond acceptors (Lipinski definition) is 4. The minimum atomic E-state index is -0.473. The first kappa shape index (κ1) is 19.9. The van der Waals surface area contributed by atoms with E-state index in [1.807, 2.05) is 36.4 Å². The zero-order chi connectivity index (χ0) is 20.7. The molecule has 158 valence electrons. The molecule has 2 atom stereocenters. The van der Waals surface area contributed by atoms with Crippen molar-refractivity contribution < 1.29 is 9.90 Å². The number of nitrogens with zero attached hydrogens (tertiary/aromatic N) is 2. The van der Waals surface area contributed by atoms with Gasteiger partial charge in [-0.2, -0.15) is 0 Å². The van der Waals surface area contributed by atoms with Crippen molar-refractivity contribution in [2.75, 3.05) is 31.2 Å². The van der Waals surface area contributed by atoms with Crippen LogP contribution in [0.15, 0.2) is 48.5 Å². The standard InChI is InChI=1S/C24H28ClN3O2/c25-19-9-8-17-6-7-18(22(29)21(17)14-19)15-27-12-10-24(11-13-27)23(30)26-16-28(24)20-4-2-1-3-5-20/h1-5,8-9,14,18,22,29H,6-7,10-13,15-16H2,(H,26,30). The minimum Gasteiger partial charge on any atom is -0.388 e. The number of carbonyl (C=O) groups excluding carboxylic acids is 1. The van der Waals surface area contributed by atoms with Gasteiger partial charge in [0.2, 0.25) is 5.91 Å². The topological polar surface area (TPSA) is 55.8 Å². The third kappa shape index (κ3) is 3.39. The molecule has 2 unspecified atom stereocenters. The molecule has 2 aromatic carbocycles. The van der Waals surface area contributed by atoms with Crippen LogP contribution in [0.4, 0.5) is 5.69 Å². The van der Waals surface area contributed by atoms with E-state index in [1.165, 1.54) is 5.56 Å². The first-order valence-corrected chi connectivity index (χ1v) is 11.2. The van der Waals surface area contributed by atoms with E-state index in [-0.39, 0.29) is 11.8 Å². The van der Waals surface area contributed by atoms with Gasteiger partial charge in [-0.05, 0) is 61.1 Å². The summed E-state index contributed by atoms with van der Waals surface area (Å²) in [4.78, 5) is 17.5. The third-order valence-electron chi connectivity index (χ3n) is 7.24. The maximum atomic E-state index is 12.8. The Hall–Kier alpha value is -2.08. The Balaban J connectivity index is 1.27. The summed E-state index contributed by atoms with van der Waals surface area (Å²) in [6, 6.07) is 16.1. The van der Waals surface area contributed by atoms with E-state index in [2.05, 4.69) is 27.2 Å². The Morgan fingerprint density at radius 1 is 1.13 bits per heavy atom. The number of amides is 1. The quantitative estimate of drug-likeness (QED) is 0.791. The Morgan fingerprint density at radius 2 is 1.90 bits per heavy atom. The number of aliphatic hydroxyl groups excluding tert-OH is 1. The molecule has 5 rings (SSSR count). The average molecular weight is 426 g/mol. The summed E-state index contributed by atoms with van der Waals surface area (Å²) in [7, 11) is 0. The normalized spacial score (nSPS) is 25.9. The van der Waals surface area contributed by atoms with Gasteiger partial charge in [0.05, 0.1) is 12.8 Å². The number of hydrogen-bond donors (Lipinski definition) is 2. The molecule has 0 aromatic heterocycles. The summed E-state index contributed by atoms with van der Waals surface area (Å²) in [5, 5.41) is 14.7. The molecule has 2 saturated heterocycles. The van der Waals surface area contributed by atoms with E-state index in [4.69, 9.17) is 11.6 Å². The maximum absolute atomic E-state index is 12.8. The number of rotatable bonds is 3. The number of halogens is 1. The zero-order valence-electron chi connectivity index (χ0n) is 17.1. The molecule has 3 aliphatic rings. The van der Waals surface area contributed by atoms with E-state index in [0.717, 1.165) is 56.6 Å². The largest absolute Gasteiger partial charge is 0.388 e. The van der Waals surface area contributed by atoms with E-state index >= 15 is 0 Å². The second kappa shape index (κ2) is 7.88. The van der Waals surface area contributed by atoms with Crippen LogP contribution in [0.25, 0.3) is 0 Å². The Bertz CT molecular complexity index is 927. The number of anilines is 1. The van der Waals surface area contributed by atoms with Crippen LogP contribution >= 0.6 is 11.6 Å². The van der Waals surface area contributed by atoms with E-state index in [1.54, 1.807) is 0 Å². The first-order valence-electron chi connectivity index (χ1n) is 10.9. The fraction of sp³-hybridized carbons (Fsp3) is 0.458. The van der Waals surface area contributed by atoms with Gasteiger partial charge >= 0.3 is 0 Å². The summed E-state index contributed by atoms with van der Waals surface area (Å²) >= 11 is 6.16. The lowest BCUT2D eigenvalue weighted by atomic mass is 9.80. The van der Waals surface area contributed by atoms with Crippen molar-refractivity contribution >= 4 is 23.2 Å². The van der Waals surface area contributed by atoms with Gasteiger partial charge in [-0.1, -0.05) is 35.9 Å². The number of piperidine rings is 1. The van der Waals surface area contributed by atoms with Crippen molar-refractivity contribution in [2.24, 2.45) is 5.92 Å². The van der Waals surface area contributed by atoms with Crippen molar-refractivity contribution in [1.82, 2.24) is 10.2 Å². The van der Waals surface area contributed by atoms with Gasteiger partial charge < -0.3 is 20.2 Å². The van der Waals surface area contributed by atoms with Crippen LogP contribution in [0.3, 0.4) is 0 Å². The van der Waals surface area contributed by atoms with Crippen molar-refractivity contribution in [2.45, 2.75) is 37.3 Å². The number of para-hydroxylation sites is 1. The van der Waals surface area contributed by atoms with Crippen molar-refractivity contribution in [3.8, 4) is 0 Å². The number of fused-ring (bicyclic) bond motifs is 1. The molecule has 2 N–H and O–H groups in total. The number of benzene rings is 2. The first-order chi connectivity index (χ1) is 14.6. The lowest BCUT2D eigenvalue weighted by Crippen LogP contribution is -2.57. The number of carbonyl (C=O) groups is 1. The molecule has 2 aliphatic heterocycles. The number of likely N-dealkylation sites (tertiary alicyclic amines) is 1. The summed E-state index contributed by atoms with van der Waals surface area (Å²) < 4.78 is 0. The maximum Gasteiger partial charge on any atom is 0.247 e. The molecule has 0 radical (unpaired) electrons. The Kier molecular flexibility index (Phi) is 5.21. The lowest BCUT2D eigenvalue weighted by molar-refractivity contribution is -0.125. The van der Waals surface area contributed by atoms with Crippen LogP contribution in [0.5, 0.6) is 0 Å². The Morgan fingerprint density at radius 3 is 2.67 bits per heavy atom. The molecule has 30 heavy (non-hydrogen) atoms. The van der Waals surface area contributed by atoms with Crippen LogP contribution in [-0.4, -0.2) is 47.8 Å². The second-order valence-electron chi connectivity index (χ2n) is 8.85. The Labute approximate surface area is 182 Å². The summed E-state index contributed by atoms with van der Waals surface area (Å²) in [6.45, 7) is 3.16. The van der Waals surface area contributed by atoms with Crippen LogP contribution < -0.4 is 10.2 Å². The summed E-state index contributed by atoms with van der Waals surface area (Å²) in [6.07, 6.45) is 3.10. The molecule has 2 heterocycles. The summed E-state index contributed by atoms with van der Waals surface area (Å²) in [5.41, 5.74) is 2.84. The van der Waals surface area contributed by atoms with E-state index < -0.39 is 11.6 Å². The molecule has 5 nitrogen and oxygen atoms in total. The molecule has 2 fully saturated rings. The molecule has 0 bridgehead atoms. The van der Waals surface area contributed by atoms with Gasteiger partial charge in [0.25, 0.3) is 0 Å². The van der Waals surface area contributed by atoms with E-state index in [0.29, 0.717) is 11.7 Å². The van der Waals surface area contributed by atoms with Crippen LogP contribution in [0, 0.1) is 5.92 Å². The summed E-state index contributed by atoms with van der Waals surface area (Å²) in [5.74, 6) is 0.347. The predicted octanol–water partition coefficient (Wildman–Crippen LogP) is 3.36. The highest BCUT2D eigenvalue weighted by molar-refractivity contribution is 6.30. The molecule has 6 heteroatoms. The highest BCUT2D eigenvalue weighted by Gasteiger charge is 2.50. The predicted molar refractivity (Wildman–Crippen MR) is 119 cm³/mol. The van der Waals surface area contributed by atoms with Gasteiger partial charge in [0.1, 0.15) is 5.54 Å². The van der Waals surface area contributed by atoms with Gasteiger partial charge in [-0.25, -0.2) is 0 Å². The van der Waals surface area contributed by atoms with Crippen molar-refractivity contribution in [3.63, 3.8) is 0 Å². The fourth-order valence-corrected chi connectivity index (χ4v) is 5.66. The highest BCUT2D eigenvalue weighted by Crippen LogP contribution is 2.39. The number of aliphatic hydroxyl groups is 1. The molecular formula is C24H28ClN3O2. The minimum absolute atomic E-state index is 0.146. The molecular weight excluding hydrogens is 398 g/mol. The van der Waals surface area contributed by atoms with Gasteiger partial charge in [0, 0.05) is 36.3 Å². The van der Waals surface area contributed by atoms with Crippen LogP contribution in [-0.2, 0) is 11.2 Å². The number of nitrogens with one attached hydrogen (secondary N) is 1. The van der Waals surface area contributed by atoms with E-state index in [9.17, 15) is 9.90 Å². The molecule has 0 saturated carbocycles. The lowest BCUT2D eigenvalue weighted by Gasteiger charge is -2.44. The van der Waals surface area contributed by atoms with Gasteiger partial charge in [-0.15, -0.1) is 0 Å². The monoisotopic (exact) mass is 425 g/mol. The fourth-order valence-electron chi connectivity index (χ4n) is 5.48. The van der Waals surface area contributed by atoms with Gasteiger partial charge in [-0.3, -0.25) is 4.79 Å². The zero-order valence-corrected chi connectivity index (χ0v) is 17.8. The van der Waals surface area contributed by atoms with Gasteiger partial charge in [0.15, 0.2) is 0 Å². The smallest absolute Gasteiger partial charge is 0.247 e. The third-order valence-corrected chi connectivity index (χ3v) is 7.47. The SMILES string of the molecule is O=C1NCN(c2ccccc2)C12CCN(CC1CCc3ccc(Cl)cc3C1O)CC2.